The van der Waals surface area contributed by atoms with Crippen molar-refractivity contribution in [2.75, 3.05) is 6.61 Å². The SMILES string of the molecule is O=C(O)OC[C@H]1O[C@@H](c2ccc(Cl)c(Cc3ncc(-c4ccco4)s3)c2)[C@H](O)[C@@H](O)[C@@H]1O. The summed E-state index contributed by atoms with van der Waals surface area (Å²) >= 11 is 7.83. The Morgan fingerprint density at radius 3 is 2.72 bits per heavy atom. The molecule has 0 radical (unpaired) electrons. The Kier molecular flexibility index (Phi) is 6.79. The number of aliphatic hydroxyl groups excluding tert-OH is 3. The van der Waals surface area contributed by atoms with E-state index in [0.717, 1.165) is 21.2 Å². The van der Waals surface area contributed by atoms with Gasteiger partial charge in [0.15, 0.2) is 0 Å². The number of thiazole rings is 1. The number of aliphatic hydroxyl groups is 3. The predicted molar refractivity (Wildman–Crippen MR) is 114 cm³/mol. The fraction of sp³-hybridized carbons (Fsp3) is 0.333. The molecule has 0 bridgehead atoms. The quantitative estimate of drug-likeness (QED) is 0.391. The monoisotopic (exact) mass is 481 g/mol. The average Bonchev–Trinajstić information content (AvgIpc) is 3.45. The molecule has 11 heteroatoms. The number of furan rings is 1. The van der Waals surface area contributed by atoms with Crippen LogP contribution in [0.25, 0.3) is 10.6 Å². The maximum atomic E-state index is 10.7. The van der Waals surface area contributed by atoms with Crippen molar-refractivity contribution in [1.29, 1.82) is 0 Å². The highest BCUT2D eigenvalue weighted by Crippen LogP contribution is 2.35. The molecule has 2 aromatic heterocycles. The van der Waals surface area contributed by atoms with E-state index >= 15 is 0 Å². The van der Waals surface area contributed by atoms with Gasteiger partial charge in [-0.25, -0.2) is 9.78 Å². The van der Waals surface area contributed by atoms with Crippen LogP contribution in [0.5, 0.6) is 0 Å². The van der Waals surface area contributed by atoms with Crippen LogP contribution in [0.15, 0.2) is 47.2 Å². The van der Waals surface area contributed by atoms with Gasteiger partial charge in [0.1, 0.15) is 42.9 Å². The Morgan fingerprint density at radius 1 is 1.19 bits per heavy atom. The number of hydrogen-bond acceptors (Lipinski definition) is 9. The molecule has 0 amide bonds. The van der Waals surface area contributed by atoms with Gasteiger partial charge in [0, 0.05) is 17.6 Å². The van der Waals surface area contributed by atoms with E-state index in [1.54, 1.807) is 36.7 Å². The van der Waals surface area contributed by atoms with E-state index in [2.05, 4.69) is 9.72 Å². The van der Waals surface area contributed by atoms with Crippen LogP contribution in [0.2, 0.25) is 5.02 Å². The van der Waals surface area contributed by atoms with Gasteiger partial charge in [-0.1, -0.05) is 23.7 Å². The predicted octanol–water partition coefficient (Wildman–Crippen LogP) is 2.86. The Morgan fingerprint density at radius 2 is 2.00 bits per heavy atom. The van der Waals surface area contributed by atoms with Gasteiger partial charge in [-0.05, 0) is 29.3 Å². The summed E-state index contributed by atoms with van der Waals surface area (Å²) in [5.41, 5.74) is 1.23. The molecular weight excluding hydrogens is 462 g/mol. The van der Waals surface area contributed by atoms with E-state index in [1.165, 1.54) is 11.3 Å². The zero-order chi connectivity index (χ0) is 22.8. The number of carbonyl (C=O) groups is 1. The van der Waals surface area contributed by atoms with Crippen molar-refractivity contribution >= 4 is 29.1 Å². The van der Waals surface area contributed by atoms with Crippen LogP contribution in [0.1, 0.15) is 22.2 Å². The normalized spacial score (nSPS) is 25.6. The minimum absolute atomic E-state index is 0.414. The summed E-state index contributed by atoms with van der Waals surface area (Å²) in [5, 5.41) is 40.8. The first-order valence-corrected chi connectivity index (χ1v) is 10.8. The number of rotatable bonds is 6. The largest absolute Gasteiger partial charge is 0.505 e. The number of halogens is 1. The third-order valence-electron chi connectivity index (χ3n) is 5.14. The summed E-state index contributed by atoms with van der Waals surface area (Å²) in [5.74, 6) is 0.717. The zero-order valence-electron chi connectivity index (χ0n) is 16.5. The molecule has 3 aromatic rings. The van der Waals surface area contributed by atoms with Crippen molar-refractivity contribution in [2.24, 2.45) is 0 Å². The summed E-state index contributed by atoms with van der Waals surface area (Å²) in [7, 11) is 0. The van der Waals surface area contributed by atoms with Gasteiger partial charge >= 0.3 is 6.16 Å². The average molecular weight is 482 g/mol. The van der Waals surface area contributed by atoms with Crippen LogP contribution < -0.4 is 0 Å². The molecule has 1 aromatic carbocycles. The molecular formula is C21H20ClNO8S. The second-order valence-electron chi connectivity index (χ2n) is 7.27. The molecule has 1 saturated heterocycles. The van der Waals surface area contributed by atoms with E-state index in [9.17, 15) is 20.1 Å². The topological polar surface area (TPSA) is 142 Å². The molecule has 170 valence electrons. The number of benzene rings is 1. The van der Waals surface area contributed by atoms with Gasteiger partial charge in [0.05, 0.1) is 16.1 Å². The van der Waals surface area contributed by atoms with Crippen molar-refractivity contribution < 1.29 is 39.1 Å². The lowest BCUT2D eigenvalue weighted by Gasteiger charge is -2.40. The molecule has 0 spiro atoms. The van der Waals surface area contributed by atoms with Gasteiger partial charge in [0.2, 0.25) is 0 Å². The molecule has 3 heterocycles. The number of aromatic nitrogens is 1. The molecule has 1 aliphatic heterocycles. The molecule has 1 aliphatic rings. The Hall–Kier alpha value is -2.47. The third kappa shape index (κ3) is 4.80. The zero-order valence-corrected chi connectivity index (χ0v) is 18.1. The summed E-state index contributed by atoms with van der Waals surface area (Å²) in [6.07, 6.45) is -4.50. The standard InChI is InChI=1S/C21H20ClNO8S/c22-12-4-3-10(20-19(26)18(25)17(24)14(31-20)9-30-21(27)28)6-11(12)7-16-23-8-15(32-16)13-2-1-5-29-13/h1-6,8,14,17-20,24-26H,7,9H2,(H,27,28)/t14-,17-,18+,19-,20+/m1/s1. The van der Waals surface area contributed by atoms with Crippen LogP contribution >= 0.6 is 22.9 Å². The van der Waals surface area contributed by atoms with Crippen molar-refractivity contribution in [2.45, 2.75) is 36.9 Å². The molecule has 0 unspecified atom stereocenters. The molecule has 0 saturated carbocycles. The Balaban J connectivity index is 1.55. The van der Waals surface area contributed by atoms with Crippen molar-refractivity contribution in [3.05, 3.63) is 63.9 Å². The summed E-state index contributed by atoms with van der Waals surface area (Å²) in [4.78, 5) is 16.0. The number of ether oxygens (including phenoxy) is 2. The molecule has 1 fully saturated rings. The van der Waals surface area contributed by atoms with Crippen LogP contribution in [0.3, 0.4) is 0 Å². The first-order chi connectivity index (χ1) is 15.3. The van der Waals surface area contributed by atoms with E-state index in [-0.39, 0.29) is 0 Å². The van der Waals surface area contributed by atoms with Gasteiger partial charge in [-0.3, -0.25) is 0 Å². The molecule has 9 nitrogen and oxygen atoms in total. The van der Waals surface area contributed by atoms with E-state index in [1.807, 2.05) is 6.07 Å². The molecule has 32 heavy (non-hydrogen) atoms. The second-order valence-corrected chi connectivity index (χ2v) is 8.79. The molecule has 4 N–H and O–H groups in total. The highest BCUT2D eigenvalue weighted by molar-refractivity contribution is 7.15. The lowest BCUT2D eigenvalue weighted by atomic mass is 9.90. The van der Waals surface area contributed by atoms with Crippen LogP contribution in [-0.2, 0) is 15.9 Å². The van der Waals surface area contributed by atoms with Gasteiger partial charge < -0.3 is 34.3 Å². The summed E-state index contributed by atoms with van der Waals surface area (Å²) in [6.45, 7) is -0.494. The minimum atomic E-state index is -1.55. The summed E-state index contributed by atoms with van der Waals surface area (Å²) < 4.78 is 15.6. The van der Waals surface area contributed by atoms with Gasteiger partial charge in [-0.15, -0.1) is 11.3 Å². The fourth-order valence-electron chi connectivity index (χ4n) is 3.51. The highest BCUT2D eigenvalue weighted by Gasteiger charge is 2.44. The van der Waals surface area contributed by atoms with Crippen LogP contribution in [-0.4, -0.2) is 62.6 Å². The first kappa shape index (κ1) is 22.7. The van der Waals surface area contributed by atoms with E-state index in [0.29, 0.717) is 17.0 Å². The Labute approximate surface area is 191 Å². The van der Waals surface area contributed by atoms with Crippen molar-refractivity contribution in [3.8, 4) is 10.6 Å². The van der Waals surface area contributed by atoms with Crippen molar-refractivity contribution in [1.82, 2.24) is 4.98 Å². The third-order valence-corrected chi connectivity index (χ3v) is 6.52. The van der Waals surface area contributed by atoms with Gasteiger partial charge in [-0.2, -0.15) is 0 Å². The smallest absolute Gasteiger partial charge is 0.463 e. The lowest BCUT2D eigenvalue weighted by Crippen LogP contribution is -2.55. The molecule has 5 atom stereocenters. The van der Waals surface area contributed by atoms with Crippen LogP contribution in [0.4, 0.5) is 4.79 Å². The highest BCUT2D eigenvalue weighted by atomic mass is 35.5. The Bertz CT molecular complexity index is 1070. The number of carboxylic acid groups (broad SMARTS) is 1. The maximum absolute atomic E-state index is 10.7. The minimum Gasteiger partial charge on any atom is -0.463 e. The lowest BCUT2D eigenvalue weighted by molar-refractivity contribution is -0.232. The van der Waals surface area contributed by atoms with Crippen molar-refractivity contribution in [3.63, 3.8) is 0 Å². The number of nitrogens with zero attached hydrogens (tertiary/aromatic N) is 1. The first-order valence-electron chi connectivity index (χ1n) is 9.65. The second kappa shape index (κ2) is 9.57. The van der Waals surface area contributed by atoms with E-state index in [4.69, 9.17) is 25.9 Å². The summed E-state index contributed by atoms with van der Waals surface area (Å²) in [6, 6.07) is 8.64. The fourth-order valence-corrected chi connectivity index (χ4v) is 4.61. The van der Waals surface area contributed by atoms with Crippen LogP contribution in [0, 0.1) is 0 Å². The molecule has 4 rings (SSSR count). The number of hydrogen-bond donors (Lipinski definition) is 4. The maximum Gasteiger partial charge on any atom is 0.505 e. The molecule has 0 aliphatic carbocycles. The van der Waals surface area contributed by atoms with E-state index < -0.39 is 43.3 Å². The van der Waals surface area contributed by atoms with Gasteiger partial charge in [0.25, 0.3) is 0 Å².